The molecule has 3 rings (SSSR count). The Labute approximate surface area is 156 Å². The third-order valence-electron chi connectivity index (χ3n) is 3.90. The second-order valence-electron chi connectivity index (χ2n) is 5.81. The average molecular weight is 365 g/mol. The Morgan fingerprint density at radius 1 is 1.15 bits per heavy atom. The lowest BCUT2D eigenvalue weighted by Crippen LogP contribution is -1.98. The van der Waals surface area contributed by atoms with E-state index in [-0.39, 0.29) is 12.4 Å². The van der Waals surface area contributed by atoms with Gasteiger partial charge in [-0.1, -0.05) is 18.2 Å². The van der Waals surface area contributed by atoms with Crippen LogP contribution >= 0.6 is 0 Å². The molecule has 0 aliphatic carbocycles. The van der Waals surface area contributed by atoms with Crippen LogP contribution in [0, 0.1) is 6.92 Å². The number of para-hydroxylation sites is 1. The summed E-state index contributed by atoms with van der Waals surface area (Å²) in [4.78, 5) is 15.3. The third kappa shape index (κ3) is 4.55. The molecule has 138 valence electrons. The van der Waals surface area contributed by atoms with Gasteiger partial charge in [-0.05, 0) is 54.4 Å². The first-order valence-electron chi connectivity index (χ1n) is 8.29. The summed E-state index contributed by atoms with van der Waals surface area (Å²) in [5.41, 5.74) is 2.87. The maximum Gasteiger partial charge on any atom is 0.371 e. The number of hydrogen-bond acceptors (Lipinski definition) is 5. The van der Waals surface area contributed by atoms with Crippen LogP contribution in [0.3, 0.4) is 0 Å². The van der Waals surface area contributed by atoms with E-state index in [1.165, 1.54) is 6.07 Å². The van der Waals surface area contributed by atoms with Crippen molar-refractivity contribution >= 4 is 17.9 Å². The highest BCUT2D eigenvalue weighted by Crippen LogP contribution is 2.29. The average Bonchev–Trinajstić information content (AvgIpc) is 3.15. The smallest absolute Gasteiger partial charge is 0.371 e. The van der Waals surface area contributed by atoms with Crippen molar-refractivity contribution in [3.05, 3.63) is 77.2 Å². The summed E-state index contributed by atoms with van der Waals surface area (Å²) in [6.45, 7) is 2.11. The maximum absolute atomic E-state index is 10.8. The van der Waals surface area contributed by atoms with Crippen molar-refractivity contribution in [3.8, 4) is 11.5 Å². The second-order valence-corrected chi connectivity index (χ2v) is 5.81. The fourth-order valence-corrected chi connectivity index (χ4v) is 2.46. The number of carbonyl (C=O) groups is 1. The van der Waals surface area contributed by atoms with E-state index in [0.717, 1.165) is 16.8 Å². The van der Waals surface area contributed by atoms with Crippen molar-refractivity contribution in [1.82, 2.24) is 0 Å². The first-order valence-corrected chi connectivity index (χ1v) is 8.29. The predicted molar refractivity (Wildman–Crippen MR) is 101 cm³/mol. The topological polar surface area (TPSA) is 81.3 Å². The van der Waals surface area contributed by atoms with Crippen LogP contribution in [0.15, 0.2) is 64.0 Å². The quantitative estimate of drug-likeness (QED) is 0.618. The fraction of sp³-hybridized carbons (Fsp3) is 0.143. The molecule has 27 heavy (non-hydrogen) atoms. The van der Waals surface area contributed by atoms with Gasteiger partial charge >= 0.3 is 5.97 Å². The van der Waals surface area contributed by atoms with Crippen LogP contribution in [-0.2, 0) is 6.61 Å². The summed E-state index contributed by atoms with van der Waals surface area (Å²) < 4.78 is 16.2. The minimum absolute atomic E-state index is 0.0975. The number of benzene rings is 2. The molecule has 3 aromatic rings. The zero-order valence-electron chi connectivity index (χ0n) is 15.0. The molecule has 0 aliphatic heterocycles. The van der Waals surface area contributed by atoms with Gasteiger partial charge in [0.1, 0.15) is 12.4 Å². The van der Waals surface area contributed by atoms with Crippen LogP contribution in [0.25, 0.3) is 0 Å². The van der Waals surface area contributed by atoms with Gasteiger partial charge in [0, 0.05) is 6.21 Å². The van der Waals surface area contributed by atoms with Gasteiger partial charge in [0.15, 0.2) is 11.5 Å². The lowest BCUT2D eigenvalue weighted by Gasteiger charge is -2.10. The van der Waals surface area contributed by atoms with Crippen LogP contribution < -0.4 is 9.47 Å². The molecule has 6 nitrogen and oxygen atoms in total. The van der Waals surface area contributed by atoms with Crippen molar-refractivity contribution in [2.24, 2.45) is 4.99 Å². The molecule has 0 amide bonds. The largest absolute Gasteiger partial charge is 0.493 e. The highest BCUT2D eigenvalue weighted by molar-refractivity contribution is 5.84. The van der Waals surface area contributed by atoms with Gasteiger partial charge in [0.2, 0.25) is 5.76 Å². The number of hydrogen-bond donors (Lipinski definition) is 1. The van der Waals surface area contributed by atoms with Crippen molar-refractivity contribution in [2.75, 3.05) is 7.11 Å². The number of aryl methyl sites for hydroxylation is 1. The number of carboxylic acid groups (broad SMARTS) is 1. The first kappa shape index (κ1) is 18.3. The Balaban J connectivity index is 1.72. The van der Waals surface area contributed by atoms with Crippen LogP contribution in [0.5, 0.6) is 11.5 Å². The van der Waals surface area contributed by atoms with Crippen LogP contribution in [-0.4, -0.2) is 24.4 Å². The first-order chi connectivity index (χ1) is 13.1. The zero-order chi connectivity index (χ0) is 19.2. The van der Waals surface area contributed by atoms with E-state index in [1.807, 2.05) is 43.3 Å². The van der Waals surface area contributed by atoms with E-state index in [2.05, 4.69) is 4.99 Å². The maximum atomic E-state index is 10.8. The van der Waals surface area contributed by atoms with E-state index < -0.39 is 5.97 Å². The molecule has 0 saturated carbocycles. The van der Waals surface area contributed by atoms with Crippen molar-refractivity contribution in [2.45, 2.75) is 13.5 Å². The van der Waals surface area contributed by atoms with Gasteiger partial charge in [0.05, 0.1) is 12.8 Å². The number of methoxy groups -OCH3 is 1. The summed E-state index contributed by atoms with van der Waals surface area (Å²) in [5.74, 6) is 0.256. The molecule has 0 radical (unpaired) electrons. The van der Waals surface area contributed by atoms with E-state index in [0.29, 0.717) is 17.3 Å². The van der Waals surface area contributed by atoms with Gasteiger partial charge in [-0.15, -0.1) is 0 Å². The highest BCUT2D eigenvalue weighted by atomic mass is 16.5. The number of nitrogens with zero attached hydrogens (tertiary/aromatic N) is 1. The Morgan fingerprint density at radius 3 is 2.67 bits per heavy atom. The fourth-order valence-electron chi connectivity index (χ4n) is 2.46. The van der Waals surface area contributed by atoms with Crippen LogP contribution in [0.1, 0.15) is 27.4 Å². The Bertz CT molecular complexity index is 974. The van der Waals surface area contributed by atoms with Crippen LogP contribution in [0.2, 0.25) is 0 Å². The molecule has 0 spiro atoms. The highest BCUT2D eigenvalue weighted by Gasteiger charge is 2.11. The van der Waals surface area contributed by atoms with Crippen molar-refractivity contribution in [3.63, 3.8) is 0 Å². The number of carboxylic acids is 1. The molecular weight excluding hydrogens is 346 g/mol. The van der Waals surface area contributed by atoms with E-state index in [9.17, 15) is 4.79 Å². The van der Waals surface area contributed by atoms with E-state index in [4.69, 9.17) is 19.0 Å². The number of aromatic carboxylic acids is 1. The SMILES string of the molecule is COc1cc(C=Nc2ccccc2C)ccc1OCc1ccc(C(=O)O)o1. The summed E-state index contributed by atoms with van der Waals surface area (Å²) in [6.07, 6.45) is 1.76. The second kappa shape index (κ2) is 8.23. The van der Waals surface area contributed by atoms with E-state index in [1.54, 1.807) is 25.5 Å². The van der Waals surface area contributed by atoms with Gasteiger partial charge in [-0.2, -0.15) is 0 Å². The lowest BCUT2D eigenvalue weighted by atomic mass is 10.2. The van der Waals surface area contributed by atoms with Crippen molar-refractivity contribution < 1.29 is 23.8 Å². The molecular formula is C21H19NO5. The summed E-state index contributed by atoms with van der Waals surface area (Å²) >= 11 is 0. The minimum Gasteiger partial charge on any atom is -0.493 e. The zero-order valence-corrected chi connectivity index (χ0v) is 15.0. The number of aliphatic imine (C=N–C) groups is 1. The summed E-state index contributed by atoms with van der Waals surface area (Å²) in [5, 5.41) is 8.88. The van der Waals surface area contributed by atoms with Crippen molar-refractivity contribution in [1.29, 1.82) is 0 Å². The summed E-state index contributed by atoms with van der Waals surface area (Å²) in [7, 11) is 1.56. The normalized spacial score (nSPS) is 10.9. The summed E-state index contributed by atoms with van der Waals surface area (Å²) in [6, 6.07) is 16.3. The molecule has 0 saturated heterocycles. The Morgan fingerprint density at radius 2 is 1.96 bits per heavy atom. The molecule has 1 N–H and O–H groups in total. The predicted octanol–water partition coefficient (Wildman–Crippen LogP) is 4.62. The molecule has 0 fully saturated rings. The van der Waals surface area contributed by atoms with Gasteiger partial charge < -0.3 is 19.0 Å². The lowest BCUT2D eigenvalue weighted by molar-refractivity contribution is 0.0658. The van der Waals surface area contributed by atoms with Gasteiger partial charge in [0.25, 0.3) is 0 Å². The standard InChI is InChI=1S/C21H19NO5/c1-14-5-3-4-6-17(14)22-12-15-7-9-18(20(11-15)25-2)26-13-16-8-10-19(27-16)21(23)24/h3-12H,13H2,1-2H3,(H,23,24). The Hall–Kier alpha value is -3.54. The molecule has 0 bridgehead atoms. The Kier molecular flexibility index (Phi) is 5.56. The molecule has 1 heterocycles. The minimum atomic E-state index is -1.11. The molecule has 0 atom stereocenters. The molecule has 6 heteroatoms. The monoisotopic (exact) mass is 365 g/mol. The number of furan rings is 1. The number of ether oxygens (including phenoxy) is 2. The molecule has 0 aliphatic rings. The molecule has 0 unspecified atom stereocenters. The van der Waals surface area contributed by atoms with Gasteiger partial charge in [-0.3, -0.25) is 4.99 Å². The van der Waals surface area contributed by atoms with E-state index >= 15 is 0 Å². The third-order valence-corrected chi connectivity index (χ3v) is 3.90. The molecule has 1 aromatic heterocycles. The van der Waals surface area contributed by atoms with Gasteiger partial charge in [-0.25, -0.2) is 4.79 Å². The molecule has 2 aromatic carbocycles. The van der Waals surface area contributed by atoms with Crippen LogP contribution in [0.4, 0.5) is 5.69 Å². The number of rotatable bonds is 7.